The lowest BCUT2D eigenvalue weighted by Crippen LogP contribution is -2.36. The number of ether oxygens (including phenoxy) is 2. The van der Waals surface area contributed by atoms with Crippen LogP contribution in [0.15, 0.2) is 18.2 Å². The predicted octanol–water partition coefficient (Wildman–Crippen LogP) is 3.18. The summed E-state index contributed by atoms with van der Waals surface area (Å²) in [5, 5.41) is 0. The van der Waals surface area contributed by atoms with Crippen LogP contribution in [0, 0.1) is 11.8 Å². The van der Waals surface area contributed by atoms with Crippen LogP contribution in [0.3, 0.4) is 0 Å². The van der Waals surface area contributed by atoms with E-state index in [4.69, 9.17) is 15.3 Å². The van der Waals surface area contributed by atoms with Crippen molar-refractivity contribution < 1.29 is 9.47 Å². The number of hydrogen-bond donors (Lipinski definition) is 2. The molecule has 0 amide bonds. The van der Waals surface area contributed by atoms with Gasteiger partial charge in [0.15, 0.2) is 11.5 Å². The summed E-state index contributed by atoms with van der Waals surface area (Å²) in [7, 11) is 0. The number of rotatable bonds is 4. The zero-order valence-corrected chi connectivity index (χ0v) is 12.8. The highest BCUT2D eigenvalue weighted by Crippen LogP contribution is 2.43. The summed E-state index contributed by atoms with van der Waals surface area (Å²) in [6.45, 7) is 3.53. The number of fused-ring (bicyclic) bond motifs is 1. The van der Waals surface area contributed by atoms with Gasteiger partial charge in [0.25, 0.3) is 0 Å². The maximum absolute atomic E-state index is 5.91. The molecule has 3 unspecified atom stereocenters. The van der Waals surface area contributed by atoms with Gasteiger partial charge in [0.05, 0.1) is 6.04 Å². The van der Waals surface area contributed by atoms with Crippen LogP contribution >= 0.6 is 0 Å². The summed E-state index contributed by atoms with van der Waals surface area (Å²) in [5.74, 6) is 9.04. The van der Waals surface area contributed by atoms with Crippen LogP contribution in [-0.2, 0) is 0 Å². The van der Waals surface area contributed by atoms with Gasteiger partial charge in [-0.3, -0.25) is 11.3 Å². The molecule has 0 spiro atoms. The van der Waals surface area contributed by atoms with Gasteiger partial charge < -0.3 is 9.47 Å². The topological polar surface area (TPSA) is 56.5 Å². The fraction of sp³-hybridized carbons (Fsp3) is 0.647. The molecule has 1 saturated carbocycles. The number of nitrogens with two attached hydrogens (primary N) is 1. The van der Waals surface area contributed by atoms with Crippen LogP contribution in [-0.4, -0.2) is 13.2 Å². The quantitative estimate of drug-likeness (QED) is 0.660. The first-order chi connectivity index (χ1) is 10.3. The number of hydrogen-bond acceptors (Lipinski definition) is 4. The largest absolute Gasteiger partial charge is 0.486 e. The molecule has 4 heteroatoms. The Hall–Kier alpha value is -1.26. The molecule has 0 radical (unpaired) electrons. The minimum absolute atomic E-state index is 0.149. The van der Waals surface area contributed by atoms with E-state index in [2.05, 4.69) is 18.4 Å². The Morgan fingerprint density at radius 3 is 2.95 bits per heavy atom. The molecule has 1 aromatic rings. The second-order valence-electron chi connectivity index (χ2n) is 6.22. The van der Waals surface area contributed by atoms with E-state index in [1.807, 2.05) is 12.1 Å². The number of benzene rings is 1. The van der Waals surface area contributed by atoms with Crippen molar-refractivity contribution in [3.63, 3.8) is 0 Å². The lowest BCUT2D eigenvalue weighted by molar-refractivity contribution is 0.162. The summed E-state index contributed by atoms with van der Waals surface area (Å²) in [6.07, 6.45) is 6.40. The molecule has 3 rings (SSSR count). The third-order valence-corrected chi connectivity index (χ3v) is 4.98. The van der Waals surface area contributed by atoms with Gasteiger partial charge in [0, 0.05) is 5.56 Å². The minimum Gasteiger partial charge on any atom is -0.486 e. The van der Waals surface area contributed by atoms with Crippen molar-refractivity contribution in [2.75, 3.05) is 13.2 Å². The Balaban J connectivity index is 1.86. The van der Waals surface area contributed by atoms with Crippen LogP contribution in [0.1, 0.15) is 50.6 Å². The first kappa shape index (κ1) is 14.7. The molecule has 0 saturated heterocycles. The van der Waals surface area contributed by atoms with Crippen molar-refractivity contribution in [3.05, 3.63) is 23.8 Å². The Kier molecular flexibility index (Phi) is 4.66. The summed E-state index contributed by atoms with van der Waals surface area (Å²) in [5.41, 5.74) is 4.20. The second kappa shape index (κ2) is 6.67. The van der Waals surface area contributed by atoms with E-state index in [-0.39, 0.29) is 6.04 Å². The fourth-order valence-corrected chi connectivity index (χ4v) is 3.83. The highest BCUT2D eigenvalue weighted by atomic mass is 16.6. The standard InChI is InChI=1S/C17H26N2O2/c1-2-12-5-3-6-13(11-12)16(19-18)14-7-4-8-15-17(14)21-10-9-20-15/h4,7-8,12-13,16,19H,2-3,5-6,9-11,18H2,1H3. The highest BCUT2D eigenvalue weighted by Gasteiger charge is 2.31. The van der Waals surface area contributed by atoms with E-state index in [1.165, 1.54) is 32.1 Å². The SMILES string of the molecule is CCC1CCCC(C(NN)c2cccc3c2OCCO3)C1. The minimum atomic E-state index is 0.149. The van der Waals surface area contributed by atoms with Crippen LogP contribution in [0.25, 0.3) is 0 Å². The molecule has 116 valence electrons. The third-order valence-electron chi connectivity index (χ3n) is 4.98. The molecule has 4 nitrogen and oxygen atoms in total. The van der Waals surface area contributed by atoms with E-state index >= 15 is 0 Å². The molecule has 1 aromatic carbocycles. The van der Waals surface area contributed by atoms with Gasteiger partial charge in [-0.15, -0.1) is 0 Å². The molecule has 1 heterocycles. The summed E-state index contributed by atoms with van der Waals surface area (Å²) < 4.78 is 11.6. The van der Waals surface area contributed by atoms with Gasteiger partial charge in [-0.1, -0.05) is 38.3 Å². The van der Waals surface area contributed by atoms with Crippen LogP contribution in [0.2, 0.25) is 0 Å². The van der Waals surface area contributed by atoms with E-state index in [1.54, 1.807) is 0 Å². The fourth-order valence-electron chi connectivity index (χ4n) is 3.83. The van der Waals surface area contributed by atoms with Crippen molar-refractivity contribution >= 4 is 0 Å². The van der Waals surface area contributed by atoms with E-state index in [0.717, 1.165) is 23.0 Å². The lowest BCUT2D eigenvalue weighted by Gasteiger charge is -2.35. The predicted molar refractivity (Wildman–Crippen MR) is 83.2 cm³/mol. The van der Waals surface area contributed by atoms with Gasteiger partial charge in [0.2, 0.25) is 0 Å². The van der Waals surface area contributed by atoms with Crippen molar-refractivity contribution in [1.29, 1.82) is 0 Å². The Morgan fingerprint density at radius 1 is 1.29 bits per heavy atom. The molecule has 3 N–H and O–H groups in total. The third kappa shape index (κ3) is 3.01. The average molecular weight is 290 g/mol. The number of nitrogens with one attached hydrogen (secondary N) is 1. The summed E-state index contributed by atoms with van der Waals surface area (Å²) >= 11 is 0. The monoisotopic (exact) mass is 290 g/mol. The van der Waals surface area contributed by atoms with Crippen LogP contribution < -0.4 is 20.7 Å². The van der Waals surface area contributed by atoms with Crippen molar-refractivity contribution in [1.82, 2.24) is 5.43 Å². The zero-order valence-electron chi connectivity index (χ0n) is 12.8. The summed E-state index contributed by atoms with van der Waals surface area (Å²) in [6, 6.07) is 6.28. The number of hydrazine groups is 1. The summed E-state index contributed by atoms with van der Waals surface area (Å²) in [4.78, 5) is 0. The van der Waals surface area contributed by atoms with E-state index < -0.39 is 0 Å². The van der Waals surface area contributed by atoms with Gasteiger partial charge in [-0.05, 0) is 30.7 Å². The van der Waals surface area contributed by atoms with Crippen molar-refractivity contribution in [3.8, 4) is 11.5 Å². The molecular weight excluding hydrogens is 264 g/mol. The molecule has 3 atom stereocenters. The molecule has 2 aliphatic rings. The van der Waals surface area contributed by atoms with Crippen LogP contribution in [0.4, 0.5) is 0 Å². The lowest BCUT2D eigenvalue weighted by atomic mass is 9.75. The smallest absolute Gasteiger partial charge is 0.166 e. The molecule has 0 aromatic heterocycles. The van der Waals surface area contributed by atoms with Gasteiger partial charge >= 0.3 is 0 Å². The molecule has 1 aliphatic carbocycles. The first-order valence-electron chi connectivity index (χ1n) is 8.18. The van der Waals surface area contributed by atoms with Crippen molar-refractivity contribution in [2.45, 2.75) is 45.1 Å². The number of para-hydroxylation sites is 1. The first-order valence-corrected chi connectivity index (χ1v) is 8.18. The van der Waals surface area contributed by atoms with Gasteiger partial charge in [0.1, 0.15) is 13.2 Å². The molecule has 21 heavy (non-hydrogen) atoms. The normalized spacial score (nSPS) is 26.4. The molecule has 0 bridgehead atoms. The van der Waals surface area contributed by atoms with Crippen LogP contribution in [0.5, 0.6) is 11.5 Å². The Labute approximate surface area is 127 Å². The Bertz CT molecular complexity index is 478. The van der Waals surface area contributed by atoms with E-state index in [9.17, 15) is 0 Å². The second-order valence-corrected chi connectivity index (χ2v) is 6.22. The molecule has 1 fully saturated rings. The average Bonchev–Trinajstić information content (AvgIpc) is 2.56. The van der Waals surface area contributed by atoms with E-state index in [0.29, 0.717) is 19.1 Å². The van der Waals surface area contributed by atoms with Gasteiger partial charge in [-0.25, -0.2) is 0 Å². The molecule has 1 aliphatic heterocycles. The maximum atomic E-state index is 5.91. The van der Waals surface area contributed by atoms with Gasteiger partial charge in [-0.2, -0.15) is 0 Å². The maximum Gasteiger partial charge on any atom is 0.166 e. The highest BCUT2D eigenvalue weighted by molar-refractivity contribution is 5.49. The Morgan fingerprint density at radius 2 is 2.14 bits per heavy atom. The zero-order chi connectivity index (χ0) is 14.7. The molecular formula is C17H26N2O2. The van der Waals surface area contributed by atoms with Crippen molar-refractivity contribution in [2.24, 2.45) is 17.7 Å².